The molecule has 0 nitrogen and oxygen atoms in total. The maximum atomic E-state index is 13.5. The average molecular weight is 365 g/mol. The Hall–Kier alpha value is -0.703. The first-order chi connectivity index (χ1) is 12.0. The van der Waals surface area contributed by atoms with Crippen molar-refractivity contribution in [2.75, 3.05) is 0 Å². The predicted molar refractivity (Wildman–Crippen MR) is 105 cm³/mol. The fraction of sp³-hybridized carbons (Fsp3) is 0.727. The third-order valence-corrected chi connectivity index (χ3v) is 10.3. The smallest absolute Gasteiger partial charge is 0.159 e. The minimum atomic E-state index is -0.726. The highest BCUT2D eigenvalue weighted by Gasteiger charge is 2.31. The molecule has 25 heavy (non-hydrogen) atoms. The molecule has 0 amide bonds. The number of rotatable bonds is 5. The maximum Gasteiger partial charge on any atom is 0.159 e. The van der Waals surface area contributed by atoms with Gasteiger partial charge in [0.2, 0.25) is 0 Å². The summed E-state index contributed by atoms with van der Waals surface area (Å²) in [5, 5.41) is 0. The molecule has 3 heteroatoms. The van der Waals surface area contributed by atoms with E-state index in [0.717, 1.165) is 36.2 Å². The van der Waals surface area contributed by atoms with Gasteiger partial charge < -0.3 is 0 Å². The van der Waals surface area contributed by atoms with Crippen molar-refractivity contribution >= 4 is 8.80 Å². The van der Waals surface area contributed by atoms with E-state index in [4.69, 9.17) is 0 Å². The van der Waals surface area contributed by atoms with E-state index >= 15 is 0 Å². The fourth-order valence-electron chi connectivity index (χ4n) is 5.21. The summed E-state index contributed by atoms with van der Waals surface area (Å²) in [5.74, 6) is 1.73. The van der Waals surface area contributed by atoms with Crippen LogP contribution in [0.4, 0.5) is 8.78 Å². The van der Waals surface area contributed by atoms with Gasteiger partial charge >= 0.3 is 0 Å². The molecule has 1 aliphatic heterocycles. The van der Waals surface area contributed by atoms with Crippen LogP contribution in [0.5, 0.6) is 0 Å². The molecule has 140 valence electrons. The van der Waals surface area contributed by atoms with E-state index in [-0.39, 0.29) is 0 Å². The van der Waals surface area contributed by atoms with Gasteiger partial charge in [0, 0.05) is 8.80 Å². The van der Waals surface area contributed by atoms with Gasteiger partial charge in [-0.05, 0) is 67.1 Å². The van der Waals surface area contributed by atoms with Crippen molar-refractivity contribution in [3.05, 3.63) is 35.4 Å². The van der Waals surface area contributed by atoms with Crippen LogP contribution in [0, 0.1) is 29.4 Å². The summed E-state index contributed by atoms with van der Waals surface area (Å²) in [5.41, 5.74) is 1.00. The molecule has 1 saturated heterocycles. The lowest BCUT2D eigenvalue weighted by atomic mass is 9.72. The first-order valence-corrected chi connectivity index (χ1v) is 12.9. The quantitative estimate of drug-likeness (QED) is 0.497. The molecule has 1 aromatic rings. The molecule has 0 aromatic heterocycles. The summed E-state index contributed by atoms with van der Waals surface area (Å²) in [6.45, 7) is 4.71. The van der Waals surface area contributed by atoms with Crippen LogP contribution in [-0.2, 0) is 0 Å². The van der Waals surface area contributed by atoms with Gasteiger partial charge in [0.25, 0.3) is 0 Å². The van der Waals surface area contributed by atoms with Crippen LogP contribution in [0.2, 0.25) is 18.1 Å². The van der Waals surface area contributed by atoms with Gasteiger partial charge in [0.15, 0.2) is 11.6 Å². The maximum absolute atomic E-state index is 13.5. The molecule has 1 heterocycles. The minimum absolute atomic E-state index is 0.424. The Bertz CT molecular complexity index is 541. The van der Waals surface area contributed by atoms with Crippen molar-refractivity contribution in [2.45, 2.75) is 82.8 Å². The summed E-state index contributed by atoms with van der Waals surface area (Å²) in [4.78, 5) is 0. The molecule has 0 bridgehead atoms. The van der Waals surface area contributed by atoms with Gasteiger partial charge in [-0.25, -0.2) is 8.78 Å². The molecular formula is C22H34F2Si. The lowest BCUT2D eigenvalue weighted by molar-refractivity contribution is 0.216. The molecule has 2 fully saturated rings. The molecule has 1 aliphatic carbocycles. The highest BCUT2D eigenvalue weighted by atomic mass is 28.3. The second kappa shape index (κ2) is 8.79. The molecule has 1 aromatic carbocycles. The molecule has 3 rings (SSSR count). The Labute approximate surface area is 154 Å². The number of hydrogen-bond acceptors (Lipinski definition) is 0. The third-order valence-electron chi connectivity index (χ3n) is 6.90. The van der Waals surface area contributed by atoms with E-state index in [1.165, 1.54) is 44.2 Å². The fourth-order valence-corrected chi connectivity index (χ4v) is 9.01. The molecule has 0 radical (unpaired) electrons. The van der Waals surface area contributed by atoms with Gasteiger partial charge in [-0.2, -0.15) is 0 Å². The zero-order chi connectivity index (χ0) is 17.8. The Morgan fingerprint density at radius 1 is 0.920 bits per heavy atom. The molecule has 0 spiro atoms. The first-order valence-electron chi connectivity index (χ1n) is 10.5. The van der Waals surface area contributed by atoms with Gasteiger partial charge in [0.1, 0.15) is 0 Å². The number of benzene rings is 1. The summed E-state index contributed by atoms with van der Waals surface area (Å²) in [6, 6.07) is 9.20. The summed E-state index contributed by atoms with van der Waals surface area (Å²) in [6.07, 6.45) is 9.28. The van der Waals surface area contributed by atoms with E-state index < -0.39 is 20.4 Å². The van der Waals surface area contributed by atoms with Crippen LogP contribution in [-0.4, -0.2) is 8.80 Å². The van der Waals surface area contributed by atoms with Crippen molar-refractivity contribution < 1.29 is 8.78 Å². The largest absolute Gasteiger partial charge is 0.204 e. The first kappa shape index (κ1) is 19.1. The number of hydrogen-bond donors (Lipinski definition) is 0. The normalized spacial score (nSPS) is 30.6. The minimum Gasteiger partial charge on any atom is -0.204 e. The Morgan fingerprint density at radius 2 is 1.56 bits per heavy atom. The van der Waals surface area contributed by atoms with Crippen LogP contribution in [0.3, 0.4) is 0 Å². The van der Waals surface area contributed by atoms with E-state index in [2.05, 4.69) is 13.8 Å². The van der Waals surface area contributed by atoms with Crippen molar-refractivity contribution in [2.24, 2.45) is 17.8 Å². The SMILES string of the molecule is CC(C)CC[Si@H]1CC[C@H](C2CCC(c3ccc(F)c(F)c3)CC2)CC1. The molecule has 0 N–H and O–H groups in total. The summed E-state index contributed by atoms with van der Waals surface area (Å²) in [7, 11) is -0.424. The van der Waals surface area contributed by atoms with E-state index in [0.29, 0.717) is 5.92 Å². The summed E-state index contributed by atoms with van der Waals surface area (Å²) < 4.78 is 26.6. The van der Waals surface area contributed by atoms with Crippen LogP contribution in [0.15, 0.2) is 18.2 Å². The zero-order valence-electron chi connectivity index (χ0n) is 15.9. The molecule has 0 atom stereocenters. The van der Waals surface area contributed by atoms with E-state index in [1.54, 1.807) is 24.2 Å². The van der Waals surface area contributed by atoms with Crippen molar-refractivity contribution in [3.63, 3.8) is 0 Å². The van der Waals surface area contributed by atoms with Crippen molar-refractivity contribution in [1.82, 2.24) is 0 Å². The second-order valence-corrected chi connectivity index (χ2v) is 12.5. The highest BCUT2D eigenvalue weighted by molar-refractivity contribution is 6.58. The van der Waals surface area contributed by atoms with Gasteiger partial charge in [-0.15, -0.1) is 0 Å². The number of halogens is 2. The standard InChI is InChI=1S/C22H34F2Si/c1-16(2)9-12-25-13-10-19(11-14-25)17-3-5-18(6-4-17)20-7-8-21(23)22(24)15-20/h7-8,15-19,25H,3-6,9-14H2,1-2H3/t17?,18?,19-,25-. The highest BCUT2D eigenvalue weighted by Crippen LogP contribution is 2.43. The lowest BCUT2D eigenvalue weighted by Crippen LogP contribution is -2.28. The summed E-state index contributed by atoms with van der Waals surface area (Å²) >= 11 is 0. The lowest BCUT2D eigenvalue weighted by Gasteiger charge is -2.38. The molecular weight excluding hydrogens is 330 g/mol. The molecule has 0 unspecified atom stereocenters. The second-order valence-electron chi connectivity index (χ2n) is 9.04. The van der Waals surface area contributed by atoms with Crippen LogP contribution in [0.1, 0.15) is 70.3 Å². The van der Waals surface area contributed by atoms with Gasteiger partial charge in [-0.3, -0.25) is 0 Å². The zero-order valence-corrected chi connectivity index (χ0v) is 17.1. The van der Waals surface area contributed by atoms with Crippen LogP contribution >= 0.6 is 0 Å². The van der Waals surface area contributed by atoms with Gasteiger partial charge in [-0.1, -0.05) is 57.3 Å². The van der Waals surface area contributed by atoms with E-state index in [1.807, 2.05) is 0 Å². The monoisotopic (exact) mass is 364 g/mol. The molecule has 2 aliphatic rings. The van der Waals surface area contributed by atoms with Crippen molar-refractivity contribution in [1.29, 1.82) is 0 Å². The van der Waals surface area contributed by atoms with E-state index in [9.17, 15) is 8.78 Å². The van der Waals surface area contributed by atoms with Crippen molar-refractivity contribution in [3.8, 4) is 0 Å². The Balaban J connectivity index is 1.44. The topological polar surface area (TPSA) is 0 Å². The van der Waals surface area contributed by atoms with Crippen LogP contribution < -0.4 is 0 Å². The third kappa shape index (κ3) is 5.15. The van der Waals surface area contributed by atoms with Crippen LogP contribution in [0.25, 0.3) is 0 Å². The Morgan fingerprint density at radius 3 is 2.16 bits per heavy atom. The van der Waals surface area contributed by atoms with Gasteiger partial charge in [0.05, 0.1) is 0 Å². The average Bonchev–Trinajstić information content (AvgIpc) is 2.63. The Kier molecular flexibility index (Phi) is 6.71. The predicted octanol–water partition coefficient (Wildman–Crippen LogP) is 6.92. The molecule has 1 saturated carbocycles.